The van der Waals surface area contributed by atoms with Crippen molar-refractivity contribution in [1.29, 1.82) is 0 Å². The van der Waals surface area contributed by atoms with Crippen LogP contribution < -0.4 is 0 Å². The molecule has 0 spiro atoms. The number of rotatable bonds is 9. The van der Waals surface area contributed by atoms with Crippen molar-refractivity contribution in [3.63, 3.8) is 0 Å². The van der Waals surface area contributed by atoms with E-state index in [2.05, 4.69) is 7.81 Å². The van der Waals surface area contributed by atoms with E-state index in [-0.39, 0.29) is 21.6 Å². The zero-order chi connectivity index (χ0) is 12.4. The zero-order valence-corrected chi connectivity index (χ0v) is 12.8. The third-order valence-corrected chi connectivity index (χ3v) is 7.41. The van der Waals surface area contributed by atoms with Gasteiger partial charge >= 0.3 is 106 Å². The van der Waals surface area contributed by atoms with Crippen LogP contribution >= 0.6 is 15.0 Å². The summed E-state index contributed by atoms with van der Waals surface area (Å²) in [6, 6.07) is 0. The molecule has 0 bridgehead atoms. The van der Waals surface area contributed by atoms with Gasteiger partial charge in [0.1, 0.15) is 0 Å². The van der Waals surface area contributed by atoms with Crippen LogP contribution in [0.5, 0.6) is 0 Å². The molecule has 0 aromatic rings. The van der Waals surface area contributed by atoms with Gasteiger partial charge in [-0.25, -0.2) is 0 Å². The Morgan fingerprint density at radius 2 is 1.50 bits per heavy atom. The fourth-order valence-electron chi connectivity index (χ4n) is 1.53. The Bertz CT molecular complexity index is 328. The van der Waals surface area contributed by atoms with E-state index >= 15 is 0 Å². The molecule has 0 aromatic heterocycles. The third-order valence-electron chi connectivity index (χ3n) is 2.33. The van der Waals surface area contributed by atoms with Crippen LogP contribution in [-0.2, 0) is 24.2 Å². The van der Waals surface area contributed by atoms with E-state index in [0.717, 1.165) is 12.2 Å². The van der Waals surface area contributed by atoms with Crippen molar-refractivity contribution in [2.24, 2.45) is 0 Å². The van der Waals surface area contributed by atoms with Crippen molar-refractivity contribution >= 4 is 34.6 Å². The average Bonchev–Trinajstić information content (AvgIpc) is 2.23. The van der Waals surface area contributed by atoms with E-state index in [0.29, 0.717) is 31.3 Å². The number of aliphatic hydroxyl groups is 2. The van der Waals surface area contributed by atoms with E-state index < -0.39 is 7.14 Å². The van der Waals surface area contributed by atoms with Crippen molar-refractivity contribution in [3.05, 3.63) is 0 Å². The monoisotopic (exact) mass is 302 g/mol. The van der Waals surface area contributed by atoms with Gasteiger partial charge in [0.05, 0.1) is 0 Å². The molecule has 0 unspecified atom stereocenters. The van der Waals surface area contributed by atoms with Crippen LogP contribution in [0.25, 0.3) is 0 Å². The summed E-state index contributed by atoms with van der Waals surface area (Å²) in [5.41, 5.74) is 0. The molecule has 0 aliphatic carbocycles. The Balaban J connectivity index is 4.13. The number of hydrogen-bond acceptors (Lipinski definition) is 4. The van der Waals surface area contributed by atoms with Crippen molar-refractivity contribution in [2.45, 2.75) is 19.3 Å². The average molecular weight is 302 g/mol. The van der Waals surface area contributed by atoms with Crippen LogP contribution in [0, 0.1) is 0 Å². The molecule has 0 rings (SSSR count). The summed E-state index contributed by atoms with van der Waals surface area (Å²) in [5, 5.41) is 17.5. The molecule has 0 saturated carbocycles. The normalized spacial score (nSPS) is 11.6. The second-order valence-electron chi connectivity index (χ2n) is 3.76. The van der Waals surface area contributed by atoms with E-state index in [9.17, 15) is 4.57 Å². The van der Waals surface area contributed by atoms with Gasteiger partial charge in [-0.05, 0) is 0 Å². The standard InChI is InChI=1S/C9H20O3P2S2/c10-4-1-6-14(12,7-2-5-11)8-3-9-16(13)15/h10-11H,1-9H2. The maximum absolute atomic E-state index is 12.4. The summed E-state index contributed by atoms with van der Waals surface area (Å²) in [5.74, 6) is 0.820. The summed E-state index contributed by atoms with van der Waals surface area (Å²) < 4.78 is 12.4. The molecule has 0 atom stereocenters. The van der Waals surface area contributed by atoms with E-state index in [1.165, 1.54) is 0 Å². The van der Waals surface area contributed by atoms with Crippen molar-refractivity contribution in [2.75, 3.05) is 37.5 Å². The molecule has 16 heavy (non-hydrogen) atoms. The second kappa shape index (κ2) is 9.99. The fourth-order valence-corrected chi connectivity index (χ4v) is 5.72. The van der Waals surface area contributed by atoms with Crippen molar-refractivity contribution in [1.82, 2.24) is 0 Å². The van der Waals surface area contributed by atoms with Gasteiger partial charge < -0.3 is 0 Å². The molecule has 7 heteroatoms. The van der Waals surface area contributed by atoms with Crippen molar-refractivity contribution < 1.29 is 14.8 Å². The number of hydrogen-bond donors (Lipinski definition) is 2. The van der Waals surface area contributed by atoms with Gasteiger partial charge in [0.2, 0.25) is 0 Å². The quantitative estimate of drug-likeness (QED) is 0.639. The van der Waals surface area contributed by atoms with Gasteiger partial charge in [-0.3, -0.25) is 0 Å². The molecule has 0 fully saturated rings. The molecule has 0 aliphatic rings. The van der Waals surface area contributed by atoms with Crippen LogP contribution in [-0.4, -0.2) is 47.7 Å². The summed E-state index contributed by atoms with van der Waals surface area (Å²) in [6.07, 6.45) is 3.85. The maximum atomic E-state index is 12.4. The molecule has 0 aromatic carbocycles. The molecule has 0 aliphatic heterocycles. The summed E-state index contributed by atoms with van der Waals surface area (Å²) in [7, 11) is 1.63. The molecule has 96 valence electrons. The van der Waals surface area contributed by atoms with Gasteiger partial charge in [0.25, 0.3) is 0 Å². The van der Waals surface area contributed by atoms with E-state index in [1.807, 2.05) is 0 Å². The predicted octanol–water partition coefficient (Wildman–Crippen LogP) is 1.91. The first-order valence-corrected chi connectivity index (χ1v) is 11.0. The Labute approximate surface area is 106 Å². The van der Waals surface area contributed by atoms with E-state index in [4.69, 9.17) is 21.4 Å². The van der Waals surface area contributed by atoms with Crippen LogP contribution in [0.3, 0.4) is 0 Å². The Morgan fingerprint density at radius 1 is 1.06 bits per heavy atom. The SMILES string of the molecule is O=P(CCCO)(CCCO)CCCS(#P)=S. The molecule has 0 saturated heterocycles. The molecule has 2 N–H and O–H groups in total. The predicted molar refractivity (Wildman–Crippen MR) is 76.7 cm³/mol. The molecule has 0 heterocycles. The summed E-state index contributed by atoms with van der Waals surface area (Å²) in [6.45, 7) is 0.169. The first-order chi connectivity index (χ1) is 7.54. The molecule has 0 amide bonds. The van der Waals surface area contributed by atoms with Gasteiger partial charge in [0, 0.05) is 0 Å². The summed E-state index contributed by atoms with van der Waals surface area (Å²) >= 11 is 4.96. The first-order valence-electron chi connectivity index (χ1n) is 5.40. The Kier molecular flexibility index (Phi) is 10.6. The van der Waals surface area contributed by atoms with Crippen LogP contribution in [0.1, 0.15) is 19.3 Å². The van der Waals surface area contributed by atoms with Crippen LogP contribution in [0.2, 0.25) is 0 Å². The van der Waals surface area contributed by atoms with Gasteiger partial charge in [-0.2, -0.15) is 0 Å². The fraction of sp³-hybridized carbons (Fsp3) is 1.00. The molecule has 0 radical (unpaired) electrons. The topological polar surface area (TPSA) is 57.5 Å². The third kappa shape index (κ3) is 9.09. The molecule has 3 nitrogen and oxygen atoms in total. The zero-order valence-electron chi connectivity index (χ0n) is 9.38. The van der Waals surface area contributed by atoms with Crippen LogP contribution in [0.4, 0.5) is 0 Å². The molecular formula is C9H20O3P2S2. The Morgan fingerprint density at radius 3 is 1.88 bits per heavy atom. The minimum atomic E-state index is -2.20. The molecular weight excluding hydrogens is 282 g/mol. The van der Waals surface area contributed by atoms with Crippen LogP contribution in [0.15, 0.2) is 0 Å². The Hall–Kier alpha value is 1.02. The van der Waals surface area contributed by atoms with Gasteiger partial charge in [-0.1, -0.05) is 0 Å². The van der Waals surface area contributed by atoms with Gasteiger partial charge in [0.15, 0.2) is 0 Å². The summed E-state index contributed by atoms with van der Waals surface area (Å²) in [4.78, 5) is 0. The van der Waals surface area contributed by atoms with E-state index in [1.54, 1.807) is 0 Å². The number of aliphatic hydroxyl groups excluding tert-OH is 2. The minimum absolute atomic E-state index is 0.0844. The second-order valence-corrected chi connectivity index (χ2v) is 11.5. The van der Waals surface area contributed by atoms with Crippen molar-refractivity contribution in [3.8, 4) is 0 Å². The van der Waals surface area contributed by atoms with Gasteiger partial charge in [-0.15, -0.1) is 0 Å². The first kappa shape index (κ1) is 17.0.